The smallest absolute Gasteiger partial charge is 0.416 e. The summed E-state index contributed by atoms with van der Waals surface area (Å²) < 4.78 is 44.1. The third-order valence-electron chi connectivity index (χ3n) is 4.34. The maximum atomic E-state index is 12.9. The molecule has 0 aliphatic heterocycles. The Hall–Kier alpha value is -2.94. The van der Waals surface area contributed by atoms with E-state index >= 15 is 0 Å². The zero-order valence-electron chi connectivity index (χ0n) is 13.8. The highest BCUT2D eigenvalue weighted by atomic mass is 19.4. The van der Waals surface area contributed by atoms with E-state index in [2.05, 4.69) is 11.2 Å². The van der Waals surface area contributed by atoms with E-state index in [0.29, 0.717) is 29.8 Å². The largest absolute Gasteiger partial charge is 0.481 e. The highest BCUT2D eigenvalue weighted by molar-refractivity contribution is 6.01. The number of amides is 1. The molecule has 0 atom stereocenters. The fourth-order valence-electron chi connectivity index (χ4n) is 2.80. The lowest BCUT2D eigenvalue weighted by molar-refractivity contribution is -0.137. The Labute approximate surface area is 149 Å². The third-order valence-corrected chi connectivity index (χ3v) is 4.34. The molecule has 1 aliphatic carbocycles. The van der Waals surface area contributed by atoms with Crippen LogP contribution >= 0.6 is 0 Å². The predicted molar refractivity (Wildman–Crippen MR) is 91.8 cm³/mol. The molecule has 0 aromatic heterocycles. The van der Waals surface area contributed by atoms with Crippen LogP contribution < -0.4 is 10.1 Å². The molecule has 6 heteroatoms. The number of nitrogens with one attached hydrogen (secondary N) is 1. The Kier molecular flexibility index (Phi) is 4.64. The molecule has 1 N–H and O–H groups in total. The highest BCUT2D eigenvalue weighted by Gasteiger charge is 2.51. The number of alkyl halides is 3. The molecular weight excluding hydrogens is 343 g/mol. The number of terminal acetylenes is 1. The van der Waals surface area contributed by atoms with Gasteiger partial charge in [0.1, 0.15) is 12.4 Å². The number of anilines is 1. The fraction of sp³-hybridized carbons (Fsp3) is 0.250. The molecule has 0 radical (unpaired) electrons. The van der Waals surface area contributed by atoms with E-state index in [1.807, 2.05) is 0 Å². The van der Waals surface area contributed by atoms with Crippen molar-refractivity contribution >= 4 is 11.6 Å². The summed E-state index contributed by atoms with van der Waals surface area (Å²) >= 11 is 0. The Morgan fingerprint density at radius 1 is 1.19 bits per heavy atom. The Morgan fingerprint density at radius 2 is 1.92 bits per heavy atom. The zero-order chi connectivity index (χ0) is 18.8. The molecule has 0 unspecified atom stereocenters. The van der Waals surface area contributed by atoms with E-state index in [1.54, 1.807) is 30.3 Å². The van der Waals surface area contributed by atoms with Gasteiger partial charge in [0, 0.05) is 11.8 Å². The van der Waals surface area contributed by atoms with Crippen molar-refractivity contribution in [2.24, 2.45) is 0 Å². The molecule has 26 heavy (non-hydrogen) atoms. The summed E-state index contributed by atoms with van der Waals surface area (Å²) in [5.41, 5.74) is -0.789. The van der Waals surface area contributed by atoms with Gasteiger partial charge < -0.3 is 10.1 Å². The second-order valence-electron chi connectivity index (χ2n) is 6.14. The van der Waals surface area contributed by atoms with Gasteiger partial charge in [-0.15, -0.1) is 6.42 Å². The van der Waals surface area contributed by atoms with Crippen LogP contribution in [0.4, 0.5) is 18.9 Å². The van der Waals surface area contributed by atoms with Gasteiger partial charge in [-0.25, -0.2) is 0 Å². The third kappa shape index (κ3) is 3.67. The molecule has 0 heterocycles. The van der Waals surface area contributed by atoms with E-state index < -0.39 is 17.2 Å². The molecule has 0 bridgehead atoms. The number of benzene rings is 2. The minimum atomic E-state index is -4.44. The fourth-order valence-corrected chi connectivity index (χ4v) is 2.80. The summed E-state index contributed by atoms with van der Waals surface area (Å²) in [4.78, 5) is 12.7. The number of halogens is 3. The van der Waals surface area contributed by atoms with Crippen molar-refractivity contribution < 1.29 is 22.7 Å². The second-order valence-corrected chi connectivity index (χ2v) is 6.14. The van der Waals surface area contributed by atoms with Gasteiger partial charge in [-0.3, -0.25) is 4.79 Å². The molecule has 1 aliphatic rings. The molecule has 0 saturated heterocycles. The molecule has 1 fully saturated rings. The number of ether oxygens (including phenoxy) is 1. The average molecular weight is 359 g/mol. The topological polar surface area (TPSA) is 38.3 Å². The van der Waals surface area contributed by atoms with Crippen LogP contribution in [0.25, 0.3) is 0 Å². The lowest BCUT2D eigenvalue weighted by Crippen LogP contribution is -2.28. The number of hydrogen-bond donors (Lipinski definition) is 1. The van der Waals surface area contributed by atoms with Crippen molar-refractivity contribution in [3.63, 3.8) is 0 Å². The van der Waals surface area contributed by atoms with E-state index in [9.17, 15) is 18.0 Å². The van der Waals surface area contributed by atoms with E-state index in [4.69, 9.17) is 11.2 Å². The molecule has 2 aromatic carbocycles. The Morgan fingerprint density at radius 3 is 2.58 bits per heavy atom. The number of carbonyl (C=O) groups excluding carboxylic acids is 1. The van der Waals surface area contributed by atoms with E-state index in [1.165, 1.54) is 6.07 Å². The van der Waals surface area contributed by atoms with Crippen molar-refractivity contribution in [2.75, 3.05) is 11.9 Å². The first-order valence-electron chi connectivity index (χ1n) is 8.01. The van der Waals surface area contributed by atoms with Gasteiger partial charge in [0.2, 0.25) is 5.91 Å². The number of rotatable bonds is 5. The summed E-state index contributed by atoms with van der Waals surface area (Å²) in [5, 5.41) is 2.77. The van der Waals surface area contributed by atoms with Crippen molar-refractivity contribution in [3.05, 3.63) is 59.7 Å². The van der Waals surface area contributed by atoms with Gasteiger partial charge in [0.25, 0.3) is 0 Å². The van der Waals surface area contributed by atoms with E-state index in [-0.39, 0.29) is 12.5 Å². The van der Waals surface area contributed by atoms with Crippen molar-refractivity contribution in [1.82, 2.24) is 0 Å². The molecular formula is C20H16F3NO2. The SMILES string of the molecule is C#CCOc1cccc(NC(=O)C2(c3cccc(C(F)(F)F)c3)CC2)c1. The van der Waals surface area contributed by atoms with Gasteiger partial charge in [0.15, 0.2) is 0 Å². The lowest BCUT2D eigenvalue weighted by atomic mass is 9.93. The first kappa shape index (κ1) is 17.9. The second kappa shape index (κ2) is 6.75. The van der Waals surface area contributed by atoms with Crippen LogP contribution in [0.1, 0.15) is 24.0 Å². The molecule has 3 rings (SSSR count). The van der Waals surface area contributed by atoms with Gasteiger partial charge >= 0.3 is 6.18 Å². The summed E-state index contributed by atoms with van der Waals surface area (Å²) in [7, 11) is 0. The van der Waals surface area contributed by atoms with Gasteiger partial charge in [-0.1, -0.05) is 30.2 Å². The first-order valence-corrected chi connectivity index (χ1v) is 8.01. The van der Waals surface area contributed by atoms with Crippen molar-refractivity contribution in [2.45, 2.75) is 24.4 Å². The summed E-state index contributed by atoms with van der Waals surface area (Å²) in [6.07, 6.45) is 1.72. The highest BCUT2D eigenvalue weighted by Crippen LogP contribution is 2.50. The molecule has 3 nitrogen and oxygen atoms in total. The summed E-state index contributed by atoms with van der Waals surface area (Å²) in [6.45, 7) is 0.103. The van der Waals surface area contributed by atoms with Crippen LogP contribution in [0, 0.1) is 12.3 Å². The molecule has 1 saturated carbocycles. The average Bonchev–Trinajstić information content (AvgIpc) is 3.42. The summed E-state index contributed by atoms with van der Waals surface area (Å²) in [6, 6.07) is 11.7. The lowest BCUT2D eigenvalue weighted by Gasteiger charge is -2.18. The molecule has 1 amide bonds. The monoisotopic (exact) mass is 359 g/mol. The number of carbonyl (C=O) groups is 1. The maximum absolute atomic E-state index is 12.9. The maximum Gasteiger partial charge on any atom is 0.416 e. The van der Waals surface area contributed by atoms with Crippen molar-refractivity contribution in [3.8, 4) is 18.1 Å². The normalized spacial score (nSPS) is 15.0. The van der Waals surface area contributed by atoms with Gasteiger partial charge in [0.05, 0.1) is 11.0 Å². The van der Waals surface area contributed by atoms with Crippen LogP contribution in [0.15, 0.2) is 48.5 Å². The standard InChI is InChI=1S/C20H16F3NO2/c1-2-11-26-17-8-4-7-16(13-17)24-18(25)19(9-10-19)14-5-3-6-15(12-14)20(21,22)23/h1,3-8,12-13H,9-11H2,(H,24,25). The Bertz CT molecular complexity index is 864. The first-order chi connectivity index (χ1) is 12.3. The summed E-state index contributed by atoms with van der Waals surface area (Å²) in [5.74, 6) is 2.52. The number of hydrogen-bond acceptors (Lipinski definition) is 2. The van der Waals surface area contributed by atoms with Crippen LogP contribution in [0.3, 0.4) is 0 Å². The minimum absolute atomic E-state index is 0.103. The van der Waals surface area contributed by atoms with Crippen LogP contribution in [0.2, 0.25) is 0 Å². The molecule has 0 spiro atoms. The van der Waals surface area contributed by atoms with Crippen LogP contribution in [0.5, 0.6) is 5.75 Å². The van der Waals surface area contributed by atoms with Crippen LogP contribution in [-0.4, -0.2) is 12.5 Å². The van der Waals surface area contributed by atoms with Crippen LogP contribution in [-0.2, 0) is 16.4 Å². The zero-order valence-corrected chi connectivity index (χ0v) is 13.8. The van der Waals surface area contributed by atoms with Crippen molar-refractivity contribution in [1.29, 1.82) is 0 Å². The molecule has 134 valence electrons. The van der Waals surface area contributed by atoms with Gasteiger partial charge in [-0.05, 0) is 36.6 Å². The quantitative estimate of drug-likeness (QED) is 0.804. The minimum Gasteiger partial charge on any atom is -0.481 e. The Balaban J connectivity index is 1.79. The predicted octanol–water partition coefficient (Wildman–Crippen LogP) is 4.39. The van der Waals surface area contributed by atoms with Gasteiger partial charge in [-0.2, -0.15) is 13.2 Å². The molecule has 2 aromatic rings. The van der Waals surface area contributed by atoms with E-state index in [0.717, 1.165) is 12.1 Å².